The Morgan fingerprint density at radius 3 is 2.78 bits per heavy atom. The van der Waals surface area contributed by atoms with Gasteiger partial charge in [-0.05, 0) is 62.5 Å². The van der Waals surface area contributed by atoms with E-state index in [1.54, 1.807) is 0 Å². The molecule has 3 rings (SSSR count). The molecule has 2 saturated carbocycles. The molecule has 0 amide bonds. The van der Waals surface area contributed by atoms with E-state index in [4.69, 9.17) is 0 Å². The molecule has 3 atom stereocenters. The molecule has 1 aromatic rings. The van der Waals surface area contributed by atoms with Crippen LogP contribution in [-0.4, -0.2) is 22.4 Å². The lowest BCUT2D eigenvalue weighted by Gasteiger charge is -2.25. The van der Waals surface area contributed by atoms with E-state index in [1.165, 1.54) is 31.4 Å². The summed E-state index contributed by atoms with van der Waals surface area (Å²) in [4.78, 5) is 0. The number of aromatic nitrogens is 2. The summed E-state index contributed by atoms with van der Waals surface area (Å²) in [5, 5.41) is 7.97. The molecule has 18 heavy (non-hydrogen) atoms. The molecule has 0 bridgehead atoms. The van der Waals surface area contributed by atoms with Crippen molar-refractivity contribution >= 4 is 0 Å². The Labute approximate surface area is 110 Å². The van der Waals surface area contributed by atoms with Crippen LogP contribution in [0.1, 0.15) is 38.3 Å². The smallest absolute Gasteiger partial charge is 0.0492 e. The van der Waals surface area contributed by atoms with E-state index < -0.39 is 0 Å². The molecule has 100 valence electrons. The minimum atomic E-state index is 0.720. The van der Waals surface area contributed by atoms with Crippen molar-refractivity contribution in [3.8, 4) is 0 Å². The summed E-state index contributed by atoms with van der Waals surface area (Å²) >= 11 is 0. The van der Waals surface area contributed by atoms with Gasteiger partial charge in [0.2, 0.25) is 0 Å². The molecule has 0 aromatic carbocycles. The van der Waals surface area contributed by atoms with Gasteiger partial charge in [-0.2, -0.15) is 5.10 Å². The molecule has 2 fully saturated rings. The SMILES string of the molecule is CCNC(CCc1ccnn1C)C1CC2CC2C1. The third kappa shape index (κ3) is 2.46. The standard InChI is InChI=1S/C15H25N3/c1-3-16-15(13-9-11-8-12(11)10-13)5-4-14-6-7-17-18(14)2/h6-7,11-13,15-16H,3-5,8-10H2,1-2H3. The number of aryl methyl sites for hydroxylation is 2. The van der Waals surface area contributed by atoms with Crippen LogP contribution >= 0.6 is 0 Å². The molecule has 3 nitrogen and oxygen atoms in total. The highest BCUT2D eigenvalue weighted by Gasteiger charge is 2.47. The van der Waals surface area contributed by atoms with Crippen molar-refractivity contribution in [2.75, 3.05) is 6.54 Å². The van der Waals surface area contributed by atoms with Gasteiger partial charge in [0.25, 0.3) is 0 Å². The zero-order chi connectivity index (χ0) is 12.5. The lowest BCUT2D eigenvalue weighted by molar-refractivity contribution is 0.321. The first-order valence-electron chi connectivity index (χ1n) is 7.48. The summed E-state index contributed by atoms with van der Waals surface area (Å²) in [6, 6.07) is 2.87. The molecular formula is C15H25N3. The normalized spacial score (nSPS) is 31.3. The van der Waals surface area contributed by atoms with Gasteiger partial charge >= 0.3 is 0 Å². The minimum absolute atomic E-state index is 0.720. The van der Waals surface area contributed by atoms with Crippen LogP contribution in [0.25, 0.3) is 0 Å². The van der Waals surface area contributed by atoms with Crippen molar-refractivity contribution in [1.29, 1.82) is 0 Å². The van der Waals surface area contributed by atoms with E-state index in [0.29, 0.717) is 0 Å². The Balaban J connectivity index is 1.55. The number of nitrogens with zero attached hydrogens (tertiary/aromatic N) is 2. The highest BCUT2D eigenvalue weighted by molar-refractivity contribution is 5.03. The summed E-state index contributed by atoms with van der Waals surface area (Å²) in [6.45, 7) is 3.33. The summed E-state index contributed by atoms with van der Waals surface area (Å²) < 4.78 is 2.01. The van der Waals surface area contributed by atoms with Gasteiger partial charge in [0.1, 0.15) is 0 Å². The second-order valence-electron chi connectivity index (χ2n) is 6.14. The lowest BCUT2D eigenvalue weighted by atomic mass is 9.90. The molecule has 3 heteroatoms. The van der Waals surface area contributed by atoms with Gasteiger partial charge in [0.15, 0.2) is 0 Å². The Hall–Kier alpha value is -0.830. The Kier molecular flexibility index (Phi) is 3.42. The third-order valence-corrected chi connectivity index (χ3v) is 4.95. The third-order valence-electron chi connectivity index (χ3n) is 4.95. The van der Waals surface area contributed by atoms with E-state index >= 15 is 0 Å². The summed E-state index contributed by atoms with van der Waals surface area (Å²) in [5.74, 6) is 3.11. The highest BCUT2D eigenvalue weighted by Crippen LogP contribution is 2.55. The van der Waals surface area contributed by atoms with Crippen LogP contribution in [0.2, 0.25) is 0 Å². The van der Waals surface area contributed by atoms with Gasteiger partial charge in [0.05, 0.1) is 0 Å². The maximum absolute atomic E-state index is 4.25. The largest absolute Gasteiger partial charge is 0.314 e. The van der Waals surface area contributed by atoms with E-state index in [-0.39, 0.29) is 0 Å². The van der Waals surface area contributed by atoms with Crippen LogP contribution in [0.15, 0.2) is 12.3 Å². The lowest BCUT2D eigenvalue weighted by Crippen LogP contribution is -2.36. The second-order valence-corrected chi connectivity index (χ2v) is 6.14. The van der Waals surface area contributed by atoms with Crippen molar-refractivity contribution in [2.24, 2.45) is 24.8 Å². The van der Waals surface area contributed by atoms with Crippen LogP contribution in [-0.2, 0) is 13.5 Å². The van der Waals surface area contributed by atoms with Gasteiger partial charge in [-0.25, -0.2) is 0 Å². The van der Waals surface area contributed by atoms with E-state index in [2.05, 4.69) is 23.4 Å². The number of hydrogen-bond acceptors (Lipinski definition) is 2. The van der Waals surface area contributed by atoms with Crippen LogP contribution < -0.4 is 5.32 Å². The first kappa shape index (κ1) is 12.2. The topological polar surface area (TPSA) is 29.9 Å². The number of nitrogens with one attached hydrogen (secondary N) is 1. The monoisotopic (exact) mass is 247 g/mol. The fourth-order valence-corrected chi connectivity index (χ4v) is 3.81. The van der Waals surface area contributed by atoms with Crippen molar-refractivity contribution in [3.05, 3.63) is 18.0 Å². The first-order valence-corrected chi connectivity index (χ1v) is 7.48. The van der Waals surface area contributed by atoms with Gasteiger partial charge in [-0.1, -0.05) is 6.92 Å². The molecule has 0 saturated heterocycles. The first-order chi connectivity index (χ1) is 8.78. The second kappa shape index (κ2) is 5.04. The van der Waals surface area contributed by atoms with Crippen LogP contribution in [0.4, 0.5) is 0 Å². The zero-order valence-corrected chi connectivity index (χ0v) is 11.6. The van der Waals surface area contributed by atoms with Gasteiger partial charge in [-0.15, -0.1) is 0 Å². The van der Waals surface area contributed by atoms with Crippen molar-refractivity contribution in [1.82, 2.24) is 15.1 Å². The number of fused-ring (bicyclic) bond motifs is 1. The molecule has 1 N–H and O–H groups in total. The fourth-order valence-electron chi connectivity index (χ4n) is 3.81. The van der Waals surface area contributed by atoms with Gasteiger partial charge in [-0.3, -0.25) is 4.68 Å². The van der Waals surface area contributed by atoms with Crippen molar-refractivity contribution in [3.63, 3.8) is 0 Å². The Morgan fingerprint density at radius 2 is 2.17 bits per heavy atom. The highest BCUT2D eigenvalue weighted by atomic mass is 15.2. The van der Waals surface area contributed by atoms with Gasteiger partial charge in [0, 0.05) is 25.0 Å². The van der Waals surface area contributed by atoms with E-state index in [1.807, 2.05) is 17.9 Å². The average molecular weight is 247 g/mol. The van der Waals surface area contributed by atoms with E-state index in [0.717, 1.165) is 36.8 Å². The molecule has 1 heterocycles. The van der Waals surface area contributed by atoms with Crippen molar-refractivity contribution in [2.45, 2.75) is 45.1 Å². The van der Waals surface area contributed by atoms with E-state index in [9.17, 15) is 0 Å². The fraction of sp³-hybridized carbons (Fsp3) is 0.800. The number of rotatable bonds is 6. The van der Waals surface area contributed by atoms with Crippen molar-refractivity contribution < 1.29 is 0 Å². The molecule has 1 aromatic heterocycles. The molecular weight excluding hydrogens is 222 g/mol. The molecule has 3 unspecified atom stereocenters. The van der Waals surface area contributed by atoms with Crippen LogP contribution in [0, 0.1) is 17.8 Å². The molecule has 2 aliphatic carbocycles. The summed E-state index contributed by atoms with van der Waals surface area (Å²) in [7, 11) is 2.04. The Morgan fingerprint density at radius 1 is 1.39 bits per heavy atom. The molecule has 0 spiro atoms. The summed E-state index contributed by atoms with van der Waals surface area (Å²) in [5.41, 5.74) is 1.36. The number of hydrogen-bond donors (Lipinski definition) is 1. The van der Waals surface area contributed by atoms with Crippen LogP contribution in [0.3, 0.4) is 0 Å². The molecule has 0 radical (unpaired) electrons. The maximum atomic E-state index is 4.25. The predicted octanol–water partition coefficient (Wildman–Crippen LogP) is 2.38. The molecule has 2 aliphatic rings. The van der Waals surface area contributed by atoms with Crippen LogP contribution in [0.5, 0.6) is 0 Å². The van der Waals surface area contributed by atoms with Gasteiger partial charge < -0.3 is 5.32 Å². The maximum Gasteiger partial charge on any atom is 0.0492 e. The Bertz CT molecular complexity index is 388. The predicted molar refractivity (Wildman–Crippen MR) is 73.3 cm³/mol. The average Bonchev–Trinajstić information content (AvgIpc) is 2.79. The quantitative estimate of drug-likeness (QED) is 0.836. The zero-order valence-electron chi connectivity index (χ0n) is 11.6. The summed E-state index contributed by atoms with van der Waals surface area (Å²) in [6.07, 6.45) is 8.80. The molecule has 0 aliphatic heterocycles. The minimum Gasteiger partial charge on any atom is -0.314 e.